The topological polar surface area (TPSA) is 59.2 Å². The summed E-state index contributed by atoms with van der Waals surface area (Å²) >= 11 is 0. The van der Waals surface area contributed by atoms with E-state index in [4.69, 9.17) is 9.47 Å². The number of aromatic amines is 1. The quantitative estimate of drug-likeness (QED) is 0.880. The molecule has 0 amide bonds. The summed E-state index contributed by atoms with van der Waals surface area (Å²) in [6.07, 6.45) is 0. The third kappa shape index (κ3) is 2.71. The lowest BCUT2D eigenvalue weighted by molar-refractivity contribution is 0.355. The van der Waals surface area contributed by atoms with E-state index in [1.54, 1.807) is 14.2 Å². The highest BCUT2D eigenvalue weighted by Gasteiger charge is 2.10. The molecular formula is C15H21N3O2. The number of aryl methyl sites for hydroxylation is 3. The molecule has 5 heteroatoms. The molecule has 0 saturated heterocycles. The fourth-order valence-corrected chi connectivity index (χ4v) is 2.19. The number of nitrogens with zero attached hydrogens (tertiary/aromatic N) is 1. The molecule has 0 aliphatic rings. The van der Waals surface area contributed by atoms with E-state index >= 15 is 0 Å². The van der Waals surface area contributed by atoms with E-state index in [-0.39, 0.29) is 0 Å². The van der Waals surface area contributed by atoms with Gasteiger partial charge >= 0.3 is 0 Å². The molecule has 1 aromatic carbocycles. The Bertz CT molecular complexity index is 586. The number of anilines is 1. The van der Waals surface area contributed by atoms with E-state index in [0.29, 0.717) is 0 Å². The number of rotatable bonds is 5. The first-order chi connectivity index (χ1) is 9.56. The van der Waals surface area contributed by atoms with Gasteiger partial charge in [-0.25, -0.2) is 0 Å². The van der Waals surface area contributed by atoms with Gasteiger partial charge in [0.05, 0.1) is 19.9 Å². The van der Waals surface area contributed by atoms with E-state index in [0.717, 1.165) is 40.7 Å². The molecule has 5 nitrogen and oxygen atoms in total. The Labute approximate surface area is 119 Å². The molecule has 2 aromatic rings. The number of benzene rings is 1. The second-order valence-electron chi connectivity index (χ2n) is 4.79. The second-order valence-corrected chi connectivity index (χ2v) is 4.79. The van der Waals surface area contributed by atoms with Crippen molar-refractivity contribution in [2.24, 2.45) is 0 Å². The largest absolute Gasteiger partial charge is 0.493 e. The molecule has 0 spiro atoms. The normalized spacial score (nSPS) is 10.4. The Hall–Kier alpha value is -2.17. The smallest absolute Gasteiger partial charge is 0.162 e. The number of methoxy groups -OCH3 is 2. The molecule has 0 fully saturated rings. The van der Waals surface area contributed by atoms with Crippen molar-refractivity contribution in [3.63, 3.8) is 0 Å². The molecule has 0 bridgehead atoms. The van der Waals surface area contributed by atoms with Gasteiger partial charge in [0.15, 0.2) is 11.5 Å². The lowest BCUT2D eigenvalue weighted by Gasteiger charge is -2.14. The lowest BCUT2D eigenvalue weighted by Crippen LogP contribution is -2.04. The van der Waals surface area contributed by atoms with E-state index in [2.05, 4.69) is 15.5 Å². The van der Waals surface area contributed by atoms with Crippen LogP contribution in [0.1, 0.15) is 22.5 Å². The monoisotopic (exact) mass is 275 g/mol. The third-order valence-corrected chi connectivity index (χ3v) is 3.47. The van der Waals surface area contributed by atoms with Crippen LogP contribution in [0.5, 0.6) is 11.5 Å². The van der Waals surface area contributed by atoms with Gasteiger partial charge in [-0.3, -0.25) is 5.10 Å². The van der Waals surface area contributed by atoms with Crippen molar-refractivity contribution in [3.05, 3.63) is 34.6 Å². The molecule has 0 radical (unpaired) electrons. The van der Waals surface area contributed by atoms with Crippen LogP contribution in [-0.2, 0) is 6.54 Å². The number of hydrogen-bond donors (Lipinski definition) is 2. The first-order valence-electron chi connectivity index (χ1n) is 6.53. The summed E-state index contributed by atoms with van der Waals surface area (Å²) < 4.78 is 10.6. The van der Waals surface area contributed by atoms with Crippen molar-refractivity contribution >= 4 is 5.69 Å². The average molecular weight is 275 g/mol. The number of H-pyrrole nitrogens is 1. The summed E-state index contributed by atoms with van der Waals surface area (Å²) in [5.74, 6) is 1.47. The summed E-state index contributed by atoms with van der Waals surface area (Å²) in [4.78, 5) is 0. The molecule has 0 saturated carbocycles. The van der Waals surface area contributed by atoms with E-state index in [9.17, 15) is 0 Å². The van der Waals surface area contributed by atoms with Crippen LogP contribution in [0.3, 0.4) is 0 Å². The van der Waals surface area contributed by atoms with Crippen LogP contribution in [0.25, 0.3) is 0 Å². The number of aromatic nitrogens is 2. The molecule has 20 heavy (non-hydrogen) atoms. The van der Waals surface area contributed by atoms with Crippen LogP contribution in [0.15, 0.2) is 12.1 Å². The Morgan fingerprint density at radius 3 is 2.30 bits per heavy atom. The zero-order chi connectivity index (χ0) is 14.7. The molecular weight excluding hydrogens is 254 g/mol. The van der Waals surface area contributed by atoms with Crippen LogP contribution in [0.4, 0.5) is 5.69 Å². The highest BCUT2D eigenvalue weighted by Crippen LogP contribution is 2.33. The first-order valence-corrected chi connectivity index (χ1v) is 6.53. The standard InChI is InChI=1S/C15H21N3O2/c1-9-6-14(19-4)15(20-5)7-13(9)16-8-12-10(2)17-18-11(12)3/h6-7,16H,8H2,1-5H3,(H,17,18). The van der Waals surface area contributed by atoms with Crippen LogP contribution in [-0.4, -0.2) is 24.4 Å². The van der Waals surface area contributed by atoms with Crippen molar-refractivity contribution in [2.75, 3.05) is 19.5 Å². The molecule has 1 heterocycles. The van der Waals surface area contributed by atoms with Gasteiger partial charge in [0.2, 0.25) is 0 Å². The molecule has 0 aliphatic heterocycles. The van der Waals surface area contributed by atoms with E-state index in [1.807, 2.05) is 32.9 Å². The SMILES string of the molecule is COc1cc(C)c(NCc2c(C)n[nH]c2C)cc1OC. The van der Waals surface area contributed by atoms with Crippen molar-refractivity contribution in [1.29, 1.82) is 0 Å². The van der Waals surface area contributed by atoms with Crippen LogP contribution in [0, 0.1) is 20.8 Å². The Morgan fingerprint density at radius 1 is 1.10 bits per heavy atom. The lowest BCUT2D eigenvalue weighted by atomic mass is 10.1. The van der Waals surface area contributed by atoms with Gasteiger partial charge in [0.1, 0.15) is 0 Å². The fraction of sp³-hybridized carbons (Fsp3) is 0.400. The minimum absolute atomic E-state index is 0.723. The molecule has 108 valence electrons. The van der Waals surface area contributed by atoms with Crippen molar-refractivity contribution < 1.29 is 9.47 Å². The van der Waals surface area contributed by atoms with E-state index < -0.39 is 0 Å². The third-order valence-electron chi connectivity index (χ3n) is 3.47. The Morgan fingerprint density at radius 2 is 1.75 bits per heavy atom. The Balaban J connectivity index is 2.21. The van der Waals surface area contributed by atoms with Gasteiger partial charge in [-0.15, -0.1) is 0 Å². The maximum absolute atomic E-state index is 5.33. The van der Waals surface area contributed by atoms with Crippen LogP contribution < -0.4 is 14.8 Å². The maximum Gasteiger partial charge on any atom is 0.162 e. The van der Waals surface area contributed by atoms with Gasteiger partial charge in [-0.1, -0.05) is 0 Å². The first kappa shape index (κ1) is 14.2. The zero-order valence-electron chi connectivity index (χ0n) is 12.6. The van der Waals surface area contributed by atoms with Crippen LogP contribution >= 0.6 is 0 Å². The van der Waals surface area contributed by atoms with Gasteiger partial charge in [-0.05, 0) is 32.4 Å². The number of nitrogens with one attached hydrogen (secondary N) is 2. The molecule has 0 atom stereocenters. The number of ether oxygens (including phenoxy) is 2. The molecule has 0 unspecified atom stereocenters. The predicted octanol–water partition coefficient (Wildman–Crippen LogP) is 2.96. The zero-order valence-corrected chi connectivity index (χ0v) is 12.6. The Kier molecular flexibility index (Phi) is 4.17. The molecule has 0 aliphatic carbocycles. The van der Waals surface area contributed by atoms with Crippen LogP contribution in [0.2, 0.25) is 0 Å². The van der Waals surface area contributed by atoms with Crippen molar-refractivity contribution in [3.8, 4) is 11.5 Å². The van der Waals surface area contributed by atoms with Crippen molar-refractivity contribution in [2.45, 2.75) is 27.3 Å². The molecule has 2 rings (SSSR count). The summed E-state index contributed by atoms with van der Waals surface area (Å²) in [7, 11) is 3.28. The minimum atomic E-state index is 0.723. The summed E-state index contributed by atoms with van der Waals surface area (Å²) in [6, 6.07) is 3.93. The van der Waals surface area contributed by atoms with Gasteiger partial charge in [0.25, 0.3) is 0 Å². The van der Waals surface area contributed by atoms with Gasteiger partial charge in [0, 0.05) is 29.6 Å². The summed E-state index contributed by atoms with van der Waals surface area (Å²) in [5, 5.41) is 10.6. The number of hydrogen-bond acceptors (Lipinski definition) is 4. The van der Waals surface area contributed by atoms with Gasteiger partial charge in [-0.2, -0.15) is 5.10 Å². The maximum atomic E-state index is 5.33. The minimum Gasteiger partial charge on any atom is -0.493 e. The predicted molar refractivity (Wildman–Crippen MR) is 79.7 cm³/mol. The van der Waals surface area contributed by atoms with Crippen molar-refractivity contribution in [1.82, 2.24) is 10.2 Å². The summed E-state index contributed by atoms with van der Waals surface area (Å²) in [6.45, 7) is 6.80. The molecule has 1 aromatic heterocycles. The van der Waals surface area contributed by atoms with Gasteiger partial charge < -0.3 is 14.8 Å². The average Bonchev–Trinajstić information content (AvgIpc) is 2.76. The van der Waals surface area contributed by atoms with E-state index in [1.165, 1.54) is 5.56 Å². The second kappa shape index (κ2) is 5.86. The highest BCUT2D eigenvalue weighted by atomic mass is 16.5. The fourth-order valence-electron chi connectivity index (χ4n) is 2.19. The highest BCUT2D eigenvalue weighted by molar-refractivity contribution is 5.60. The summed E-state index contributed by atoms with van der Waals surface area (Å²) in [5.41, 5.74) is 5.45. The molecule has 2 N–H and O–H groups in total.